The third kappa shape index (κ3) is 4.79. The maximum Gasteiger partial charge on any atom is 0.253 e. The molecule has 1 saturated carbocycles. The number of nitrogens with one attached hydrogen (secondary N) is 2. The Bertz CT molecular complexity index is 841. The Morgan fingerprint density at radius 2 is 1.71 bits per heavy atom. The normalized spacial score (nSPS) is 25.4. The maximum atomic E-state index is 12.6. The number of anilines is 1. The second-order valence-electron chi connectivity index (χ2n) is 8.51. The van der Waals surface area contributed by atoms with Gasteiger partial charge in [0.2, 0.25) is 17.7 Å². The molecule has 0 spiro atoms. The zero-order chi connectivity index (χ0) is 21.8. The van der Waals surface area contributed by atoms with Gasteiger partial charge in [0.25, 0.3) is 5.91 Å². The van der Waals surface area contributed by atoms with Crippen molar-refractivity contribution in [2.75, 3.05) is 25.0 Å². The molecule has 3 atom stereocenters. The third-order valence-electron chi connectivity index (χ3n) is 6.45. The van der Waals surface area contributed by atoms with Crippen LogP contribution in [-0.2, 0) is 19.1 Å². The van der Waals surface area contributed by atoms with Crippen LogP contribution in [0.3, 0.4) is 0 Å². The zero-order valence-corrected chi connectivity index (χ0v) is 17.6. The van der Waals surface area contributed by atoms with E-state index in [1.54, 1.807) is 24.3 Å². The highest BCUT2D eigenvalue weighted by Gasteiger charge is 2.47. The Morgan fingerprint density at radius 3 is 2.39 bits per heavy atom. The fourth-order valence-electron chi connectivity index (χ4n) is 4.77. The standard InChI is InChI=1S/C23H29N3O5/c27-20(11-12-26-22(29)16-7-1-2-8-17(16)23(26)30)25-19-10-4-3-9-18(19)21(28)24-14-15-6-5-13-31-15/h3-4,9-10,15-17H,1-2,5-8,11-14H2,(H,24,28)(H,25,27)/t15-,16+,17+/m0/s1. The molecule has 4 amide bonds. The van der Waals surface area contributed by atoms with Crippen LogP contribution >= 0.6 is 0 Å². The smallest absolute Gasteiger partial charge is 0.253 e. The van der Waals surface area contributed by atoms with Crippen molar-refractivity contribution in [2.24, 2.45) is 11.8 Å². The molecule has 1 aromatic rings. The Labute approximate surface area is 181 Å². The number of likely N-dealkylation sites (tertiary alicyclic amines) is 1. The van der Waals surface area contributed by atoms with E-state index < -0.39 is 0 Å². The molecule has 2 N–H and O–H groups in total. The van der Waals surface area contributed by atoms with E-state index in [1.807, 2.05) is 0 Å². The van der Waals surface area contributed by atoms with Gasteiger partial charge in [-0.3, -0.25) is 24.1 Å². The average molecular weight is 428 g/mol. The molecule has 1 aromatic carbocycles. The molecule has 166 valence electrons. The number of ether oxygens (including phenoxy) is 1. The molecule has 0 bridgehead atoms. The van der Waals surface area contributed by atoms with Crippen LogP contribution < -0.4 is 10.6 Å². The van der Waals surface area contributed by atoms with Crippen LogP contribution in [-0.4, -0.2) is 54.3 Å². The van der Waals surface area contributed by atoms with E-state index in [-0.39, 0.29) is 54.5 Å². The second-order valence-corrected chi connectivity index (χ2v) is 8.51. The highest BCUT2D eigenvalue weighted by Crippen LogP contribution is 2.38. The van der Waals surface area contributed by atoms with E-state index >= 15 is 0 Å². The Hall–Kier alpha value is -2.74. The summed E-state index contributed by atoms with van der Waals surface area (Å²) in [4.78, 5) is 51.5. The quantitative estimate of drug-likeness (QED) is 0.649. The second kappa shape index (κ2) is 9.60. The summed E-state index contributed by atoms with van der Waals surface area (Å²) in [6.45, 7) is 1.23. The summed E-state index contributed by atoms with van der Waals surface area (Å²) >= 11 is 0. The minimum absolute atomic E-state index is 0.00277. The predicted octanol–water partition coefficient (Wildman–Crippen LogP) is 2.10. The van der Waals surface area contributed by atoms with E-state index in [0.29, 0.717) is 17.8 Å². The Balaban J connectivity index is 1.32. The van der Waals surface area contributed by atoms with E-state index in [9.17, 15) is 19.2 Å². The first-order valence-electron chi connectivity index (χ1n) is 11.2. The number of nitrogens with zero attached hydrogens (tertiary/aromatic N) is 1. The SMILES string of the molecule is O=C(CCN1C(=O)[C@@H]2CCCC[C@H]2C1=O)Nc1ccccc1C(=O)NC[C@@H]1CCCO1. The van der Waals surface area contributed by atoms with Crippen LogP contribution in [0.15, 0.2) is 24.3 Å². The van der Waals surface area contributed by atoms with Gasteiger partial charge >= 0.3 is 0 Å². The summed E-state index contributed by atoms with van der Waals surface area (Å²) in [7, 11) is 0. The number of benzene rings is 1. The van der Waals surface area contributed by atoms with Crippen molar-refractivity contribution in [3.63, 3.8) is 0 Å². The largest absolute Gasteiger partial charge is 0.376 e. The van der Waals surface area contributed by atoms with Gasteiger partial charge in [-0.05, 0) is 37.8 Å². The molecule has 1 aliphatic carbocycles. The van der Waals surface area contributed by atoms with Crippen molar-refractivity contribution in [3.8, 4) is 0 Å². The van der Waals surface area contributed by atoms with E-state index in [0.717, 1.165) is 45.1 Å². The van der Waals surface area contributed by atoms with Crippen LogP contribution in [0.5, 0.6) is 0 Å². The summed E-state index contributed by atoms with van der Waals surface area (Å²) in [5.41, 5.74) is 0.776. The lowest BCUT2D eigenvalue weighted by atomic mass is 9.81. The molecule has 0 unspecified atom stereocenters. The lowest BCUT2D eigenvalue weighted by molar-refractivity contribution is -0.140. The van der Waals surface area contributed by atoms with Gasteiger partial charge in [-0.2, -0.15) is 0 Å². The highest BCUT2D eigenvalue weighted by molar-refractivity contribution is 6.06. The molecule has 2 heterocycles. The zero-order valence-electron chi connectivity index (χ0n) is 17.6. The molecule has 0 aromatic heterocycles. The summed E-state index contributed by atoms with van der Waals surface area (Å²) < 4.78 is 5.52. The molecule has 3 fully saturated rings. The van der Waals surface area contributed by atoms with Gasteiger partial charge in [0.1, 0.15) is 0 Å². The molecule has 0 radical (unpaired) electrons. The predicted molar refractivity (Wildman–Crippen MR) is 113 cm³/mol. The van der Waals surface area contributed by atoms with Gasteiger partial charge in [0.15, 0.2) is 0 Å². The number of hydrogen-bond acceptors (Lipinski definition) is 5. The number of fused-ring (bicyclic) bond motifs is 1. The summed E-state index contributed by atoms with van der Waals surface area (Å²) in [5, 5.41) is 5.61. The van der Waals surface area contributed by atoms with Crippen LogP contribution in [0.25, 0.3) is 0 Å². The average Bonchev–Trinajstić information content (AvgIpc) is 3.39. The van der Waals surface area contributed by atoms with Gasteiger partial charge in [0.05, 0.1) is 29.2 Å². The van der Waals surface area contributed by atoms with E-state index in [1.165, 1.54) is 4.90 Å². The fraction of sp³-hybridized carbons (Fsp3) is 0.565. The molecule has 2 saturated heterocycles. The molecule has 2 aliphatic heterocycles. The van der Waals surface area contributed by atoms with Gasteiger partial charge in [-0.25, -0.2) is 0 Å². The Kier molecular flexibility index (Phi) is 6.65. The minimum atomic E-state index is -0.338. The maximum absolute atomic E-state index is 12.6. The number of carbonyl (C=O) groups excluding carboxylic acids is 4. The molecule has 31 heavy (non-hydrogen) atoms. The first-order chi connectivity index (χ1) is 15.0. The molecular formula is C23H29N3O5. The number of carbonyl (C=O) groups is 4. The van der Waals surface area contributed by atoms with Crippen molar-refractivity contribution in [3.05, 3.63) is 29.8 Å². The van der Waals surface area contributed by atoms with Crippen molar-refractivity contribution in [2.45, 2.75) is 51.0 Å². The lowest BCUT2D eigenvalue weighted by Gasteiger charge is -2.19. The molecule has 8 nitrogen and oxygen atoms in total. The Morgan fingerprint density at radius 1 is 1.00 bits per heavy atom. The number of amides is 4. The fourth-order valence-corrected chi connectivity index (χ4v) is 4.77. The van der Waals surface area contributed by atoms with Gasteiger partial charge in [0, 0.05) is 26.1 Å². The number of hydrogen-bond donors (Lipinski definition) is 2. The van der Waals surface area contributed by atoms with Crippen molar-refractivity contribution < 1.29 is 23.9 Å². The van der Waals surface area contributed by atoms with Gasteiger partial charge < -0.3 is 15.4 Å². The highest BCUT2D eigenvalue weighted by atomic mass is 16.5. The van der Waals surface area contributed by atoms with Crippen LogP contribution in [0.2, 0.25) is 0 Å². The number of rotatable bonds is 7. The first kappa shape index (κ1) is 21.5. The van der Waals surface area contributed by atoms with Gasteiger partial charge in [-0.1, -0.05) is 25.0 Å². The molecule has 8 heteroatoms. The molecule has 3 aliphatic rings. The summed E-state index contributed by atoms with van der Waals surface area (Å²) in [6, 6.07) is 6.79. The molecular weight excluding hydrogens is 398 g/mol. The van der Waals surface area contributed by atoms with Gasteiger partial charge in [-0.15, -0.1) is 0 Å². The van der Waals surface area contributed by atoms with Crippen molar-refractivity contribution in [1.29, 1.82) is 0 Å². The summed E-state index contributed by atoms with van der Waals surface area (Å²) in [6.07, 6.45) is 5.41. The first-order valence-corrected chi connectivity index (χ1v) is 11.2. The van der Waals surface area contributed by atoms with Crippen LogP contribution in [0, 0.1) is 11.8 Å². The van der Waals surface area contributed by atoms with Crippen LogP contribution in [0.1, 0.15) is 55.3 Å². The third-order valence-corrected chi connectivity index (χ3v) is 6.45. The summed E-state index contributed by atoms with van der Waals surface area (Å²) in [5.74, 6) is -1.32. The minimum Gasteiger partial charge on any atom is -0.376 e. The van der Waals surface area contributed by atoms with Crippen LogP contribution in [0.4, 0.5) is 5.69 Å². The topological polar surface area (TPSA) is 105 Å². The lowest BCUT2D eigenvalue weighted by Crippen LogP contribution is -2.34. The monoisotopic (exact) mass is 427 g/mol. The molecule has 4 rings (SSSR count). The van der Waals surface area contributed by atoms with E-state index in [2.05, 4.69) is 10.6 Å². The van der Waals surface area contributed by atoms with Crippen molar-refractivity contribution in [1.82, 2.24) is 10.2 Å². The number of imide groups is 1. The van der Waals surface area contributed by atoms with Crippen molar-refractivity contribution >= 4 is 29.3 Å². The number of para-hydroxylation sites is 1. The van der Waals surface area contributed by atoms with E-state index in [4.69, 9.17) is 4.74 Å².